The number of carbonyl (C=O) groups is 4. The summed E-state index contributed by atoms with van der Waals surface area (Å²) in [6, 6.07) is 19.8. The van der Waals surface area contributed by atoms with E-state index in [1.807, 2.05) is 55.5 Å². The van der Waals surface area contributed by atoms with Crippen LogP contribution < -0.4 is 5.32 Å². The van der Waals surface area contributed by atoms with Gasteiger partial charge < -0.3 is 10.1 Å². The average Bonchev–Trinajstić information content (AvgIpc) is 3.19. The van der Waals surface area contributed by atoms with Gasteiger partial charge in [0.05, 0.1) is 11.8 Å². The first-order chi connectivity index (χ1) is 18.3. The van der Waals surface area contributed by atoms with Gasteiger partial charge in [-0.2, -0.15) is 0 Å². The molecule has 3 amide bonds. The first kappa shape index (κ1) is 24.4. The average molecular weight is 529 g/mol. The smallest absolute Gasteiger partial charge is 0.329 e. The van der Waals surface area contributed by atoms with Crippen LogP contribution in [0.15, 0.2) is 66.7 Å². The molecule has 3 aromatic rings. The number of imide groups is 1. The second-order valence-electron chi connectivity index (χ2n) is 10.1. The van der Waals surface area contributed by atoms with E-state index >= 15 is 0 Å². The summed E-state index contributed by atoms with van der Waals surface area (Å²) < 4.78 is 5.22. The van der Waals surface area contributed by atoms with Crippen LogP contribution in [0.4, 0.5) is 5.69 Å². The van der Waals surface area contributed by atoms with Crippen molar-refractivity contribution in [3.05, 3.63) is 99.6 Å². The number of esters is 1. The number of ether oxygens (including phenoxy) is 1. The second-order valence-corrected chi connectivity index (χ2v) is 10.5. The lowest BCUT2D eigenvalue weighted by Gasteiger charge is -2.45. The van der Waals surface area contributed by atoms with E-state index < -0.39 is 36.4 Å². The molecule has 38 heavy (non-hydrogen) atoms. The molecule has 0 spiro atoms. The van der Waals surface area contributed by atoms with Crippen LogP contribution in [0.1, 0.15) is 46.6 Å². The molecular formula is C30H25ClN2O5. The molecule has 2 bridgehead atoms. The Labute approximate surface area is 224 Å². The van der Waals surface area contributed by atoms with Gasteiger partial charge >= 0.3 is 5.97 Å². The molecule has 1 aliphatic heterocycles. The van der Waals surface area contributed by atoms with Crippen LogP contribution in [-0.4, -0.2) is 41.2 Å². The molecule has 1 fully saturated rings. The maximum absolute atomic E-state index is 13.7. The summed E-state index contributed by atoms with van der Waals surface area (Å²) >= 11 is 6.10. The lowest BCUT2D eigenvalue weighted by atomic mass is 9.55. The number of aryl methyl sites for hydroxylation is 1. The minimum atomic E-state index is -1.16. The van der Waals surface area contributed by atoms with Gasteiger partial charge in [0.1, 0.15) is 6.04 Å². The summed E-state index contributed by atoms with van der Waals surface area (Å²) in [5.74, 6) is -3.79. The summed E-state index contributed by atoms with van der Waals surface area (Å²) in [4.78, 5) is 53.8. The minimum absolute atomic E-state index is 0.255. The van der Waals surface area contributed by atoms with Gasteiger partial charge in [0, 0.05) is 22.5 Å². The highest BCUT2D eigenvalue weighted by Crippen LogP contribution is 2.61. The predicted molar refractivity (Wildman–Crippen MR) is 141 cm³/mol. The Morgan fingerprint density at radius 3 is 1.87 bits per heavy atom. The van der Waals surface area contributed by atoms with Crippen molar-refractivity contribution in [1.29, 1.82) is 0 Å². The second kappa shape index (κ2) is 9.10. The van der Waals surface area contributed by atoms with Gasteiger partial charge in [0.15, 0.2) is 6.61 Å². The minimum Gasteiger partial charge on any atom is -0.454 e. The van der Waals surface area contributed by atoms with Crippen molar-refractivity contribution in [2.24, 2.45) is 11.8 Å². The molecular weight excluding hydrogens is 504 g/mol. The van der Waals surface area contributed by atoms with E-state index in [2.05, 4.69) is 5.32 Å². The molecule has 4 aliphatic rings. The van der Waals surface area contributed by atoms with Crippen LogP contribution in [0.25, 0.3) is 0 Å². The highest BCUT2D eigenvalue weighted by molar-refractivity contribution is 6.31. The van der Waals surface area contributed by atoms with Crippen molar-refractivity contribution >= 4 is 41.0 Å². The molecule has 0 radical (unpaired) electrons. The van der Waals surface area contributed by atoms with E-state index in [0.717, 1.165) is 32.7 Å². The van der Waals surface area contributed by atoms with Crippen molar-refractivity contribution in [1.82, 2.24) is 4.90 Å². The van der Waals surface area contributed by atoms with E-state index in [0.29, 0.717) is 10.7 Å². The zero-order valence-electron chi connectivity index (χ0n) is 20.8. The molecule has 0 saturated carbocycles. The fourth-order valence-electron chi connectivity index (χ4n) is 6.31. The van der Waals surface area contributed by atoms with Crippen LogP contribution in [0.3, 0.4) is 0 Å². The van der Waals surface area contributed by atoms with Crippen LogP contribution in [0, 0.1) is 18.8 Å². The number of carbonyl (C=O) groups excluding carboxylic acids is 4. The molecule has 1 saturated heterocycles. The van der Waals surface area contributed by atoms with Gasteiger partial charge in [0.2, 0.25) is 11.8 Å². The van der Waals surface area contributed by atoms with E-state index in [1.54, 1.807) is 18.2 Å². The summed E-state index contributed by atoms with van der Waals surface area (Å²) in [7, 11) is 0. The number of hydrogen-bond acceptors (Lipinski definition) is 5. The normalized spacial score (nSPS) is 23.4. The number of hydrogen-bond donors (Lipinski definition) is 1. The van der Waals surface area contributed by atoms with Crippen LogP contribution in [0.5, 0.6) is 0 Å². The number of anilines is 1. The monoisotopic (exact) mass is 528 g/mol. The lowest BCUT2D eigenvalue weighted by Crippen LogP contribution is -2.45. The molecule has 1 N–H and O–H groups in total. The zero-order valence-corrected chi connectivity index (χ0v) is 21.6. The number of nitrogens with zero attached hydrogens (tertiary/aromatic N) is 1. The highest BCUT2D eigenvalue weighted by atomic mass is 35.5. The van der Waals surface area contributed by atoms with Gasteiger partial charge in [-0.3, -0.25) is 19.3 Å². The molecule has 3 aliphatic carbocycles. The van der Waals surface area contributed by atoms with Gasteiger partial charge in [-0.15, -0.1) is 0 Å². The van der Waals surface area contributed by atoms with Crippen molar-refractivity contribution in [2.75, 3.05) is 11.9 Å². The van der Waals surface area contributed by atoms with Crippen molar-refractivity contribution in [2.45, 2.75) is 31.7 Å². The zero-order chi connectivity index (χ0) is 26.7. The summed E-state index contributed by atoms with van der Waals surface area (Å²) in [5.41, 5.74) is 5.57. The van der Waals surface area contributed by atoms with Gasteiger partial charge in [-0.1, -0.05) is 66.2 Å². The molecule has 1 heterocycles. The third-order valence-corrected chi connectivity index (χ3v) is 8.42. The van der Waals surface area contributed by atoms with E-state index in [9.17, 15) is 19.2 Å². The Kier molecular flexibility index (Phi) is 5.83. The van der Waals surface area contributed by atoms with Crippen LogP contribution in [-0.2, 0) is 23.9 Å². The fraction of sp³-hybridized carbons (Fsp3) is 0.267. The summed E-state index contributed by atoms with van der Waals surface area (Å²) in [6.45, 7) is 2.76. The number of halogens is 1. The number of nitrogens with one attached hydrogen (secondary N) is 1. The third-order valence-electron chi connectivity index (χ3n) is 8.01. The van der Waals surface area contributed by atoms with Gasteiger partial charge in [0.25, 0.3) is 5.91 Å². The van der Waals surface area contributed by atoms with E-state index in [4.69, 9.17) is 16.3 Å². The lowest BCUT2D eigenvalue weighted by molar-refractivity contribution is -0.159. The van der Waals surface area contributed by atoms with Crippen LogP contribution >= 0.6 is 11.6 Å². The third kappa shape index (κ3) is 3.64. The Balaban J connectivity index is 1.20. The van der Waals surface area contributed by atoms with Crippen LogP contribution in [0.2, 0.25) is 5.02 Å². The van der Waals surface area contributed by atoms with Crippen molar-refractivity contribution in [3.63, 3.8) is 0 Å². The molecule has 192 valence electrons. The molecule has 7 nitrogen and oxygen atoms in total. The standard InChI is InChI=1S/C30H25ClN2O5/c1-15-11-12-17(13-22(15)31)32-23(34)14-38-30(37)16(2)33-28(35)26-24-18-7-3-4-8-19(18)25(27(26)29(33)36)21-10-6-5-9-20(21)24/h3-13,16,24-27H,14H2,1-2H3,(H,32,34)/t16-,24?,25?,26+,27+/m0/s1. The molecule has 8 heteroatoms. The van der Waals surface area contributed by atoms with Gasteiger partial charge in [-0.25, -0.2) is 4.79 Å². The quantitative estimate of drug-likeness (QED) is 0.391. The first-order valence-corrected chi connectivity index (χ1v) is 12.9. The Morgan fingerprint density at radius 2 is 1.39 bits per heavy atom. The molecule has 3 aromatic carbocycles. The SMILES string of the molecule is Cc1ccc(NC(=O)COC(=O)[C@H](C)N2C(=O)[C@@H]3C4c5ccccc5C(c5ccccc54)[C@H]3C2=O)cc1Cl. The largest absolute Gasteiger partial charge is 0.454 e. The highest BCUT2D eigenvalue weighted by Gasteiger charge is 2.62. The molecule has 7 rings (SSSR count). The fourth-order valence-corrected chi connectivity index (χ4v) is 6.49. The summed E-state index contributed by atoms with van der Waals surface area (Å²) in [6.07, 6.45) is 0. The number of likely N-dealkylation sites (tertiary alicyclic amines) is 1. The Morgan fingerprint density at radius 1 is 0.895 bits per heavy atom. The molecule has 0 aromatic heterocycles. The Hall–Kier alpha value is -3.97. The number of rotatable bonds is 5. The maximum atomic E-state index is 13.7. The first-order valence-electron chi connectivity index (χ1n) is 12.5. The number of amides is 3. The topological polar surface area (TPSA) is 92.8 Å². The molecule has 3 atom stereocenters. The summed E-state index contributed by atoms with van der Waals surface area (Å²) in [5, 5.41) is 3.12. The van der Waals surface area contributed by atoms with Crippen molar-refractivity contribution in [3.8, 4) is 0 Å². The maximum Gasteiger partial charge on any atom is 0.329 e. The predicted octanol–water partition coefficient (Wildman–Crippen LogP) is 4.41. The van der Waals surface area contributed by atoms with E-state index in [-0.39, 0.29) is 23.7 Å². The Bertz CT molecular complexity index is 1400. The van der Waals surface area contributed by atoms with Gasteiger partial charge in [-0.05, 0) is 53.8 Å². The number of benzene rings is 3. The molecule has 0 unspecified atom stereocenters. The van der Waals surface area contributed by atoms with Crippen molar-refractivity contribution < 1.29 is 23.9 Å². The van der Waals surface area contributed by atoms with E-state index in [1.165, 1.54) is 6.92 Å².